The molecule has 0 radical (unpaired) electrons. The zero-order valence-electron chi connectivity index (χ0n) is 21.4. The summed E-state index contributed by atoms with van der Waals surface area (Å²) >= 11 is 1.45. The van der Waals surface area contributed by atoms with Crippen molar-refractivity contribution in [1.29, 1.82) is 0 Å². The molecule has 1 atom stereocenters. The van der Waals surface area contributed by atoms with Gasteiger partial charge >= 0.3 is 6.18 Å². The van der Waals surface area contributed by atoms with Crippen molar-refractivity contribution in [2.24, 2.45) is 5.92 Å². The van der Waals surface area contributed by atoms with Crippen LogP contribution in [0.4, 0.5) is 13.2 Å². The summed E-state index contributed by atoms with van der Waals surface area (Å²) in [6.45, 7) is 5.71. The predicted molar refractivity (Wildman–Crippen MR) is 139 cm³/mol. The monoisotopic (exact) mass is 535 g/mol. The number of carbonyl (C=O) groups excluding carboxylic acids is 1. The summed E-state index contributed by atoms with van der Waals surface area (Å²) in [5.74, 6) is -0.138. The summed E-state index contributed by atoms with van der Waals surface area (Å²) in [7, 11) is 0. The number of alkyl halides is 3. The molecule has 1 aliphatic heterocycles. The van der Waals surface area contributed by atoms with E-state index in [4.69, 9.17) is 0 Å². The van der Waals surface area contributed by atoms with E-state index in [1.165, 1.54) is 16.7 Å². The highest BCUT2D eigenvalue weighted by molar-refractivity contribution is 7.98. The molecule has 1 unspecified atom stereocenters. The number of nitrogens with one attached hydrogen (secondary N) is 2. The molecule has 11 heteroatoms. The normalized spacial score (nSPS) is 16.3. The van der Waals surface area contributed by atoms with Crippen LogP contribution in [0.2, 0.25) is 0 Å². The Bertz CT molecular complexity index is 1340. The summed E-state index contributed by atoms with van der Waals surface area (Å²) in [5, 5.41) is 3.63. The first kappa shape index (κ1) is 27.3. The zero-order valence-corrected chi connectivity index (χ0v) is 22.2. The van der Waals surface area contributed by atoms with Gasteiger partial charge in [0.1, 0.15) is 5.65 Å². The molecule has 200 valence electrons. The molecule has 1 fully saturated rings. The lowest BCUT2D eigenvalue weighted by Gasteiger charge is -2.36. The second-order valence-corrected chi connectivity index (χ2v) is 10.5. The number of aromatic nitrogens is 3. The minimum Gasteiger partial charge on any atom is -0.348 e. The number of aryl methyl sites for hydroxylation is 1. The Morgan fingerprint density at radius 2 is 2.00 bits per heavy atom. The van der Waals surface area contributed by atoms with Gasteiger partial charge in [-0.05, 0) is 77.1 Å². The van der Waals surface area contributed by atoms with Gasteiger partial charge in [-0.15, -0.1) is 11.8 Å². The molecule has 0 spiro atoms. The van der Waals surface area contributed by atoms with Crippen molar-refractivity contribution in [3.05, 3.63) is 57.3 Å². The number of likely N-dealkylation sites (tertiary alicyclic amines) is 1. The fourth-order valence-corrected chi connectivity index (χ4v) is 6.10. The Labute approximate surface area is 217 Å². The van der Waals surface area contributed by atoms with Crippen LogP contribution < -0.4 is 10.9 Å². The van der Waals surface area contributed by atoms with Crippen molar-refractivity contribution < 1.29 is 18.0 Å². The molecule has 3 aromatic heterocycles. The fourth-order valence-electron chi connectivity index (χ4n) is 5.39. The molecule has 1 amide bonds. The van der Waals surface area contributed by atoms with Crippen LogP contribution in [0.25, 0.3) is 11.0 Å². The van der Waals surface area contributed by atoms with Crippen molar-refractivity contribution in [3.8, 4) is 0 Å². The summed E-state index contributed by atoms with van der Waals surface area (Å²) in [6, 6.07) is 5.47. The number of amides is 1. The van der Waals surface area contributed by atoms with Crippen LogP contribution in [0.5, 0.6) is 0 Å². The van der Waals surface area contributed by atoms with Crippen molar-refractivity contribution in [2.75, 3.05) is 25.9 Å². The number of nitrogens with zero attached hydrogens (tertiary/aromatic N) is 3. The van der Waals surface area contributed by atoms with Gasteiger partial charge in [0.05, 0.1) is 12.1 Å². The second kappa shape index (κ2) is 10.9. The van der Waals surface area contributed by atoms with Crippen molar-refractivity contribution in [3.63, 3.8) is 0 Å². The average molecular weight is 536 g/mol. The number of hydrogen-bond acceptors (Lipinski definition) is 5. The highest BCUT2D eigenvalue weighted by Gasteiger charge is 2.34. The molecule has 1 saturated heterocycles. The van der Waals surface area contributed by atoms with Gasteiger partial charge in [0.15, 0.2) is 0 Å². The van der Waals surface area contributed by atoms with Crippen molar-refractivity contribution in [2.45, 2.75) is 57.3 Å². The first-order chi connectivity index (χ1) is 17.5. The molecule has 1 aliphatic rings. The number of piperidine rings is 1. The Kier molecular flexibility index (Phi) is 8.03. The minimum atomic E-state index is -4.20. The van der Waals surface area contributed by atoms with E-state index in [9.17, 15) is 22.8 Å². The molecule has 0 bridgehead atoms. The maximum atomic E-state index is 13.4. The van der Waals surface area contributed by atoms with Gasteiger partial charge in [-0.3, -0.25) is 14.5 Å². The number of thioether (sulfide) groups is 1. The summed E-state index contributed by atoms with van der Waals surface area (Å²) < 4.78 is 40.5. The third-order valence-electron chi connectivity index (χ3n) is 7.23. The maximum absolute atomic E-state index is 13.4. The van der Waals surface area contributed by atoms with E-state index in [0.717, 1.165) is 16.3 Å². The SMILES string of the molecule is CSc1cc(C)[nH]c(=O)c1CNC(=O)c1c(C)n(C(C)C2CCN(CC(F)(F)F)CC2)c2ncccc12. The molecule has 4 rings (SSSR count). The van der Waals surface area contributed by atoms with Crippen molar-refractivity contribution >= 4 is 28.7 Å². The molecule has 0 saturated carbocycles. The van der Waals surface area contributed by atoms with E-state index < -0.39 is 12.7 Å². The van der Waals surface area contributed by atoms with E-state index in [0.29, 0.717) is 48.1 Å². The van der Waals surface area contributed by atoms with Crippen LogP contribution in [0, 0.1) is 19.8 Å². The van der Waals surface area contributed by atoms with Crippen LogP contribution in [0.15, 0.2) is 34.1 Å². The lowest BCUT2D eigenvalue weighted by Crippen LogP contribution is -2.41. The quantitative estimate of drug-likeness (QED) is 0.424. The van der Waals surface area contributed by atoms with Crippen LogP contribution in [0.1, 0.15) is 53.1 Å². The lowest BCUT2D eigenvalue weighted by atomic mass is 9.90. The largest absolute Gasteiger partial charge is 0.401 e. The van der Waals surface area contributed by atoms with E-state index in [1.807, 2.05) is 43.7 Å². The van der Waals surface area contributed by atoms with Gasteiger partial charge in [-0.25, -0.2) is 4.98 Å². The molecular weight excluding hydrogens is 503 g/mol. The number of rotatable bonds is 7. The number of pyridine rings is 2. The van der Waals surface area contributed by atoms with Gasteiger partial charge < -0.3 is 14.9 Å². The molecule has 4 heterocycles. The maximum Gasteiger partial charge on any atom is 0.401 e. The van der Waals surface area contributed by atoms with Gasteiger partial charge in [-0.1, -0.05) is 0 Å². The average Bonchev–Trinajstić information content (AvgIpc) is 3.13. The van der Waals surface area contributed by atoms with Crippen LogP contribution >= 0.6 is 11.8 Å². The topological polar surface area (TPSA) is 83.0 Å². The first-order valence-corrected chi connectivity index (χ1v) is 13.5. The van der Waals surface area contributed by atoms with Crippen LogP contribution in [-0.2, 0) is 6.54 Å². The standard InChI is InChI=1S/C26H32F3N5O2S/c1-15-12-21(37-4)20(24(35)32-15)13-31-25(36)22-17(3)34(23-19(22)6-5-9-30-23)16(2)18-7-10-33(11-8-18)14-26(27,28)29/h5-6,9,12,16,18H,7-8,10-11,13-14H2,1-4H3,(H,31,36)(H,32,35). The highest BCUT2D eigenvalue weighted by atomic mass is 32.2. The lowest BCUT2D eigenvalue weighted by molar-refractivity contribution is -0.149. The van der Waals surface area contributed by atoms with Crippen LogP contribution in [-0.4, -0.2) is 57.4 Å². The minimum absolute atomic E-state index is 0.0463. The van der Waals surface area contributed by atoms with Crippen molar-refractivity contribution in [1.82, 2.24) is 24.8 Å². The smallest absolute Gasteiger partial charge is 0.348 e. The highest BCUT2D eigenvalue weighted by Crippen LogP contribution is 2.35. The molecule has 7 nitrogen and oxygen atoms in total. The van der Waals surface area contributed by atoms with Gasteiger partial charge in [0, 0.05) is 46.0 Å². The Morgan fingerprint density at radius 1 is 1.30 bits per heavy atom. The molecule has 0 aromatic carbocycles. The zero-order chi connectivity index (χ0) is 26.9. The Morgan fingerprint density at radius 3 is 2.65 bits per heavy atom. The summed E-state index contributed by atoms with van der Waals surface area (Å²) in [5.41, 5.74) is 2.96. The predicted octanol–water partition coefficient (Wildman–Crippen LogP) is 4.83. The number of fused-ring (bicyclic) bond motifs is 1. The van der Waals surface area contributed by atoms with Crippen LogP contribution in [0.3, 0.4) is 0 Å². The van der Waals surface area contributed by atoms with E-state index in [-0.39, 0.29) is 30.0 Å². The molecular formula is C26H32F3N5O2S. The Hall–Kier alpha value is -2.79. The first-order valence-electron chi connectivity index (χ1n) is 12.3. The van der Waals surface area contributed by atoms with Gasteiger partial charge in [-0.2, -0.15) is 13.2 Å². The molecule has 0 aliphatic carbocycles. The third kappa shape index (κ3) is 5.87. The number of hydrogen-bond donors (Lipinski definition) is 2. The van der Waals surface area contributed by atoms with Gasteiger partial charge in [0.25, 0.3) is 11.5 Å². The Balaban J connectivity index is 1.58. The van der Waals surface area contributed by atoms with Gasteiger partial charge in [0.2, 0.25) is 0 Å². The number of aromatic amines is 1. The number of carbonyl (C=O) groups is 1. The fraction of sp³-hybridized carbons (Fsp3) is 0.500. The van der Waals surface area contributed by atoms with E-state index >= 15 is 0 Å². The molecule has 37 heavy (non-hydrogen) atoms. The number of halogens is 3. The number of H-pyrrole nitrogens is 1. The molecule has 3 aromatic rings. The summed E-state index contributed by atoms with van der Waals surface area (Å²) in [6.07, 6.45) is 0.641. The molecule has 2 N–H and O–H groups in total. The third-order valence-corrected chi connectivity index (χ3v) is 8.04. The summed E-state index contributed by atoms with van der Waals surface area (Å²) in [4.78, 5) is 35.6. The van der Waals surface area contributed by atoms with E-state index in [2.05, 4.69) is 15.3 Å². The second-order valence-electron chi connectivity index (χ2n) is 9.69. The van der Waals surface area contributed by atoms with E-state index in [1.54, 1.807) is 12.3 Å².